The molecule has 0 unspecified atom stereocenters. The highest BCUT2D eigenvalue weighted by Crippen LogP contribution is 2.45. The van der Waals surface area contributed by atoms with E-state index in [0.29, 0.717) is 5.02 Å². The van der Waals surface area contributed by atoms with E-state index in [9.17, 15) is 10.2 Å². The zero-order chi connectivity index (χ0) is 37.1. The molecule has 2 N–H and O–H groups in total. The summed E-state index contributed by atoms with van der Waals surface area (Å²) in [7, 11) is -6.43. The fourth-order valence-electron chi connectivity index (χ4n) is 8.06. The van der Waals surface area contributed by atoms with Crippen molar-refractivity contribution in [2.45, 2.75) is 82.1 Å². The number of hydrogen-bond donors (Lipinski definition) is 2. The monoisotopic (exact) mass is 750 g/mol. The normalized spacial score (nSPS) is 21.5. The predicted molar refractivity (Wildman–Crippen MR) is 217 cm³/mol. The van der Waals surface area contributed by atoms with Gasteiger partial charge in [-0.1, -0.05) is 187 Å². The number of aliphatic hydroxyl groups is 2. The molecule has 1 fully saturated rings. The Morgan fingerprint density at radius 2 is 0.904 bits per heavy atom. The maximum atomic E-state index is 13.0. The summed E-state index contributed by atoms with van der Waals surface area (Å²) in [6.07, 6.45) is -4.57. The number of halogens is 1. The second-order valence-corrected chi connectivity index (χ2v) is 24.8. The maximum absolute atomic E-state index is 13.0. The lowest BCUT2D eigenvalue weighted by atomic mass is 9.91. The highest BCUT2D eigenvalue weighted by atomic mass is 35.5. The van der Waals surface area contributed by atoms with Gasteiger partial charge < -0.3 is 23.8 Å². The molecule has 0 bridgehead atoms. The van der Waals surface area contributed by atoms with E-state index in [-0.39, 0.29) is 16.7 Å². The van der Waals surface area contributed by atoms with Crippen LogP contribution in [0.25, 0.3) is 0 Å². The van der Waals surface area contributed by atoms with Crippen molar-refractivity contribution in [1.29, 1.82) is 0 Å². The van der Waals surface area contributed by atoms with Crippen molar-refractivity contribution in [2.75, 3.05) is 6.61 Å². The summed E-state index contributed by atoms with van der Waals surface area (Å²) < 4.78 is 22.3. The fourth-order valence-corrected chi connectivity index (χ4v) is 17.6. The van der Waals surface area contributed by atoms with Crippen LogP contribution in [-0.4, -0.2) is 57.9 Å². The van der Waals surface area contributed by atoms with E-state index in [0.717, 1.165) is 26.3 Å². The quantitative estimate of drug-likeness (QED) is 0.150. The van der Waals surface area contributed by atoms with E-state index in [2.05, 4.69) is 114 Å². The summed E-state index contributed by atoms with van der Waals surface area (Å²) in [6, 6.07) is 49.0. The first kappa shape index (κ1) is 38.4. The van der Waals surface area contributed by atoms with E-state index in [4.69, 9.17) is 25.2 Å². The number of benzene rings is 5. The van der Waals surface area contributed by atoms with Gasteiger partial charge in [-0.15, -0.1) is 0 Å². The third kappa shape index (κ3) is 7.14. The van der Waals surface area contributed by atoms with E-state index < -0.39 is 47.2 Å². The second-order valence-electron chi connectivity index (χ2n) is 15.8. The van der Waals surface area contributed by atoms with Crippen LogP contribution in [0.3, 0.4) is 0 Å². The molecule has 52 heavy (non-hydrogen) atoms. The van der Waals surface area contributed by atoms with Crippen LogP contribution >= 0.6 is 11.6 Å². The molecule has 1 saturated heterocycles. The summed E-state index contributed by atoms with van der Waals surface area (Å²) in [5.74, 6) is 0. The minimum Gasteiger partial charge on any atom is -0.399 e. The van der Waals surface area contributed by atoms with Gasteiger partial charge in [0.2, 0.25) is 0 Å². The Bertz CT molecular complexity index is 1780. The molecule has 0 saturated carbocycles. The third-order valence-electron chi connectivity index (χ3n) is 10.5. The van der Waals surface area contributed by atoms with Gasteiger partial charge in [-0.2, -0.15) is 0 Å². The molecule has 1 aliphatic heterocycles. The second kappa shape index (κ2) is 15.5. The molecule has 272 valence electrons. The highest BCUT2D eigenvalue weighted by Gasteiger charge is 2.59. The minimum absolute atomic E-state index is 0.351. The van der Waals surface area contributed by atoms with Crippen molar-refractivity contribution in [3.8, 4) is 0 Å². The smallest absolute Gasteiger partial charge is 0.261 e. The molecule has 1 aliphatic rings. The summed E-state index contributed by atoms with van der Waals surface area (Å²) >= 11 is 6.38. The lowest BCUT2D eigenvalue weighted by molar-refractivity contribution is -0.222. The van der Waals surface area contributed by atoms with E-state index >= 15 is 0 Å². The Morgan fingerprint density at radius 1 is 0.558 bits per heavy atom. The van der Waals surface area contributed by atoms with Crippen LogP contribution in [0.1, 0.15) is 53.2 Å². The molecule has 5 atom stereocenters. The number of hydrogen-bond acceptors (Lipinski definition) is 5. The van der Waals surface area contributed by atoms with Crippen molar-refractivity contribution in [1.82, 2.24) is 0 Å². The minimum atomic E-state index is -3.22. The Balaban J connectivity index is 1.57. The van der Waals surface area contributed by atoms with Crippen molar-refractivity contribution in [3.05, 3.63) is 156 Å². The SMILES string of the molecule is CC(C)(C)[Si](O[C@@H]1[C@@H](O)[C@H](O[Si](c2ccccc2)(c2ccccc2)C(C)(C)C)[C@@H](CO)O[C@H]1c1ccc(Cl)cc1)(c1ccccc1)c1ccccc1. The average molecular weight is 752 g/mol. The van der Waals surface area contributed by atoms with Crippen LogP contribution in [0.4, 0.5) is 0 Å². The molecule has 5 nitrogen and oxygen atoms in total. The van der Waals surface area contributed by atoms with Gasteiger partial charge in [0, 0.05) is 5.02 Å². The number of aliphatic hydroxyl groups excluding tert-OH is 2. The average Bonchev–Trinajstić information content (AvgIpc) is 3.14. The summed E-state index contributed by atoms with van der Waals surface area (Å²) in [6.45, 7) is 12.9. The predicted octanol–water partition coefficient (Wildman–Crippen LogP) is 7.02. The molecule has 0 spiro atoms. The van der Waals surface area contributed by atoms with Crippen molar-refractivity contribution in [2.24, 2.45) is 0 Å². The zero-order valence-corrected chi connectivity index (χ0v) is 33.7. The van der Waals surface area contributed by atoms with Gasteiger partial charge in [-0.05, 0) is 48.5 Å². The Labute approximate surface area is 316 Å². The lowest BCUT2D eigenvalue weighted by Crippen LogP contribution is -2.73. The Hall–Kier alpha value is -3.38. The molecule has 0 radical (unpaired) electrons. The van der Waals surface area contributed by atoms with E-state index in [1.54, 1.807) is 0 Å². The molecule has 5 aromatic carbocycles. The van der Waals surface area contributed by atoms with E-state index in [1.807, 2.05) is 72.8 Å². The summed E-state index contributed by atoms with van der Waals surface area (Å²) in [5.41, 5.74) is 0.800. The molecular weight excluding hydrogens is 700 g/mol. The van der Waals surface area contributed by atoms with Gasteiger partial charge >= 0.3 is 0 Å². The van der Waals surface area contributed by atoms with Gasteiger partial charge in [-0.25, -0.2) is 0 Å². The number of rotatable bonds is 10. The summed E-state index contributed by atoms with van der Waals surface area (Å²) in [5, 5.41) is 28.3. The van der Waals surface area contributed by atoms with Gasteiger partial charge in [0.1, 0.15) is 30.5 Å². The molecule has 1 heterocycles. The fraction of sp³-hybridized carbons (Fsp3) is 0.318. The summed E-state index contributed by atoms with van der Waals surface area (Å²) in [4.78, 5) is 0. The van der Waals surface area contributed by atoms with Crippen molar-refractivity contribution in [3.63, 3.8) is 0 Å². The van der Waals surface area contributed by atoms with Gasteiger partial charge in [0.05, 0.1) is 6.61 Å². The topological polar surface area (TPSA) is 68.2 Å². The van der Waals surface area contributed by atoms with E-state index in [1.165, 1.54) is 0 Å². The largest absolute Gasteiger partial charge is 0.399 e. The van der Waals surface area contributed by atoms with Gasteiger partial charge in [-0.3, -0.25) is 0 Å². The van der Waals surface area contributed by atoms with Crippen LogP contribution in [-0.2, 0) is 13.6 Å². The third-order valence-corrected chi connectivity index (χ3v) is 20.8. The Kier molecular flexibility index (Phi) is 11.5. The van der Waals surface area contributed by atoms with Crippen LogP contribution in [0.2, 0.25) is 15.1 Å². The lowest BCUT2D eigenvalue weighted by Gasteiger charge is -2.53. The van der Waals surface area contributed by atoms with Gasteiger partial charge in [0.25, 0.3) is 16.6 Å². The van der Waals surface area contributed by atoms with Crippen LogP contribution < -0.4 is 20.7 Å². The molecule has 0 aromatic heterocycles. The van der Waals surface area contributed by atoms with Crippen LogP contribution in [0.5, 0.6) is 0 Å². The molecule has 8 heteroatoms. The Morgan fingerprint density at radius 3 is 1.23 bits per heavy atom. The molecular formula is C44H51ClO5Si2. The standard InChI is InChI=1S/C44H51ClO5Si2/c1-43(2,3)51(34-19-11-7-12-20-34,35-21-13-8-14-22-35)49-41-38(31-46)48-40(32-27-29-33(45)30-28-32)42(39(41)47)50-52(44(4,5)6,36-23-15-9-16-24-36)37-25-17-10-18-26-37/h7-30,38-42,46-47H,31H2,1-6H3/t38-,39+,40+,41-,42-/m1/s1. The molecule has 0 aliphatic carbocycles. The molecule has 5 aromatic rings. The van der Waals surface area contributed by atoms with Gasteiger partial charge in [0.15, 0.2) is 0 Å². The van der Waals surface area contributed by atoms with Crippen molar-refractivity contribution < 1.29 is 23.8 Å². The number of ether oxygens (including phenoxy) is 1. The maximum Gasteiger partial charge on any atom is 0.261 e. The van der Waals surface area contributed by atoms with Crippen molar-refractivity contribution >= 4 is 49.0 Å². The molecule has 0 amide bonds. The first-order valence-electron chi connectivity index (χ1n) is 18.1. The first-order valence-corrected chi connectivity index (χ1v) is 22.3. The molecule has 6 rings (SSSR count). The first-order chi connectivity index (χ1) is 24.8. The van der Waals surface area contributed by atoms with Crippen LogP contribution in [0.15, 0.2) is 146 Å². The highest BCUT2D eigenvalue weighted by molar-refractivity contribution is 7.00. The zero-order valence-electron chi connectivity index (χ0n) is 30.9. The van der Waals surface area contributed by atoms with Crippen LogP contribution in [0, 0.1) is 0 Å².